The summed E-state index contributed by atoms with van der Waals surface area (Å²) in [5.41, 5.74) is -0.128. The number of rotatable bonds is 3. The molecule has 0 fully saturated rings. The third-order valence-corrected chi connectivity index (χ3v) is 2.58. The minimum atomic E-state index is -0.402. The van der Waals surface area contributed by atoms with Crippen LogP contribution >= 0.6 is 0 Å². The van der Waals surface area contributed by atoms with E-state index < -0.39 is 5.56 Å². The molecule has 2 rings (SSSR count). The average molecular weight is 238 g/mol. The fourth-order valence-electron chi connectivity index (χ4n) is 1.75. The first-order chi connectivity index (χ1) is 8.11. The van der Waals surface area contributed by atoms with E-state index >= 15 is 0 Å². The first-order valence-electron chi connectivity index (χ1n) is 5.42. The molecule has 7 heteroatoms. The first kappa shape index (κ1) is 11.4. The summed E-state index contributed by atoms with van der Waals surface area (Å²) < 4.78 is 3.80. The number of aromatic nitrogens is 4. The summed E-state index contributed by atoms with van der Waals surface area (Å²) in [6, 6.07) is 0. The van der Waals surface area contributed by atoms with Gasteiger partial charge in [0, 0.05) is 13.6 Å². The summed E-state index contributed by atoms with van der Waals surface area (Å²) in [5.74, 6) is 0. The lowest BCUT2D eigenvalue weighted by atomic mass is 10.5. The molecule has 0 saturated heterocycles. The van der Waals surface area contributed by atoms with Crippen molar-refractivity contribution in [2.24, 2.45) is 7.05 Å². The van der Waals surface area contributed by atoms with Crippen LogP contribution in [0.2, 0.25) is 0 Å². The van der Waals surface area contributed by atoms with Crippen LogP contribution in [0.1, 0.15) is 13.8 Å². The van der Waals surface area contributed by atoms with Gasteiger partial charge in [0.05, 0.1) is 0 Å². The van der Waals surface area contributed by atoms with E-state index in [1.165, 1.54) is 22.7 Å². The van der Waals surface area contributed by atoms with Crippen LogP contribution in [-0.4, -0.2) is 25.5 Å². The van der Waals surface area contributed by atoms with Crippen LogP contribution in [0, 0.1) is 0 Å². The normalized spacial score (nSPS) is 11.0. The van der Waals surface area contributed by atoms with E-state index in [-0.39, 0.29) is 11.2 Å². The smallest absolute Gasteiger partial charge is 0.332 e. The van der Waals surface area contributed by atoms with Crippen molar-refractivity contribution in [2.45, 2.75) is 20.4 Å². The molecule has 0 spiro atoms. The van der Waals surface area contributed by atoms with Crippen LogP contribution < -0.4 is 16.1 Å². The number of nitrogens with zero attached hydrogens (tertiary/aromatic N) is 4. The molecule has 0 aliphatic rings. The van der Waals surface area contributed by atoms with Gasteiger partial charge in [-0.1, -0.05) is 0 Å². The molecule has 0 aliphatic heterocycles. The van der Waals surface area contributed by atoms with Crippen LogP contribution in [-0.2, 0) is 13.6 Å². The Bertz CT molecular complexity index is 664. The Hall–Kier alpha value is -2.05. The van der Waals surface area contributed by atoms with Gasteiger partial charge in [0.25, 0.3) is 5.56 Å². The second-order valence-corrected chi connectivity index (χ2v) is 3.55. The zero-order chi connectivity index (χ0) is 12.6. The fraction of sp³-hybridized carbons (Fsp3) is 0.500. The van der Waals surface area contributed by atoms with Gasteiger partial charge in [-0.3, -0.25) is 13.9 Å². The van der Waals surface area contributed by atoms with Gasteiger partial charge < -0.3 is 4.84 Å². The third-order valence-electron chi connectivity index (χ3n) is 2.58. The molecule has 0 N–H and O–H groups in total. The highest BCUT2D eigenvalue weighted by atomic mass is 16.7. The lowest BCUT2D eigenvalue weighted by Gasteiger charge is -2.07. The Kier molecular flexibility index (Phi) is 2.74. The van der Waals surface area contributed by atoms with Crippen LogP contribution in [0.5, 0.6) is 0 Å². The Morgan fingerprint density at radius 3 is 2.65 bits per heavy atom. The van der Waals surface area contributed by atoms with Gasteiger partial charge in [0.15, 0.2) is 11.2 Å². The van der Waals surface area contributed by atoms with E-state index in [1.54, 1.807) is 0 Å². The van der Waals surface area contributed by atoms with Crippen LogP contribution in [0.4, 0.5) is 0 Å². The number of aryl methyl sites for hydroxylation is 1. The number of fused-ring (bicyclic) bond motifs is 1. The fourth-order valence-corrected chi connectivity index (χ4v) is 1.75. The van der Waals surface area contributed by atoms with Gasteiger partial charge in [-0.25, -0.2) is 9.78 Å². The second kappa shape index (κ2) is 4.08. The van der Waals surface area contributed by atoms with Crippen LogP contribution in [0.15, 0.2) is 15.9 Å². The van der Waals surface area contributed by atoms with E-state index in [0.29, 0.717) is 18.8 Å². The van der Waals surface area contributed by atoms with Crippen molar-refractivity contribution in [3.63, 3.8) is 0 Å². The SMILES string of the molecule is CCOn1cnc2c1c(=O)n(C)c(=O)n2CC. The summed E-state index contributed by atoms with van der Waals surface area (Å²) >= 11 is 0. The lowest BCUT2D eigenvalue weighted by Crippen LogP contribution is -2.38. The first-order valence-corrected chi connectivity index (χ1v) is 5.42. The molecular formula is C10H14N4O3. The minimum Gasteiger partial charge on any atom is -0.412 e. The number of imidazole rings is 1. The predicted molar refractivity (Wildman–Crippen MR) is 62.0 cm³/mol. The predicted octanol–water partition coefficient (Wildman–Crippen LogP) is -0.635. The standard InChI is InChI=1S/C10H14N4O3/c1-4-13-8-7(9(15)12(3)10(13)16)14(6-11-8)17-5-2/h6H,4-5H2,1-3H3. The highest BCUT2D eigenvalue weighted by molar-refractivity contribution is 5.69. The van der Waals surface area contributed by atoms with E-state index in [0.717, 1.165) is 4.57 Å². The summed E-state index contributed by atoms with van der Waals surface area (Å²) in [7, 11) is 1.44. The topological polar surface area (TPSA) is 71.1 Å². The molecule has 0 aromatic carbocycles. The van der Waals surface area contributed by atoms with Gasteiger partial charge in [0.1, 0.15) is 12.9 Å². The largest absolute Gasteiger partial charge is 0.412 e. The molecule has 0 bridgehead atoms. The van der Waals surface area contributed by atoms with Crippen molar-refractivity contribution in [1.82, 2.24) is 18.8 Å². The maximum absolute atomic E-state index is 12.0. The van der Waals surface area contributed by atoms with Gasteiger partial charge in [-0.05, 0) is 13.8 Å². The van der Waals surface area contributed by atoms with Crippen molar-refractivity contribution in [2.75, 3.05) is 6.61 Å². The molecule has 17 heavy (non-hydrogen) atoms. The van der Waals surface area contributed by atoms with Crippen molar-refractivity contribution in [1.29, 1.82) is 0 Å². The average Bonchev–Trinajstić information content (AvgIpc) is 2.71. The Labute approximate surface area is 96.8 Å². The summed E-state index contributed by atoms with van der Waals surface area (Å²) in [6.45, 7) is 4.50. The number of hydrogen-bond acceptors (Lipinski definition) is 4. The van der Waals surface area contributed by atoms with Gasteiger partial charge in [-0.2, -0.15) is 4.73 Å². The maximum Gasteiger partial charge on any atom is 0.332 e. The van der Waals surface area contributed by atoms with E-state index in [1.807, 2.05) is 13.8 Å². The summed E-state index contributed by atoms with van der Waals surface area (Å²) in [5, 5.41) is 0. The molecular weight excluding hydrogens is 224 g/mol. The molecule has 0 saturated carbocycles. The quantitative estimate of drug-likeness (QED) is 0.713. The molecule has 0 radical (unpaired) electrons. The molecule has 92 valence electrons. The van der Waals surface area contributed by atoms with E-state index in [4.69, 9.17) is 4.84 Å². The third kappa shape index (κ3) is 1.54. The number of hydrogen-bond donors (Lipinski definition) is 0. The minimum absolute atomic E-state index is 0.288. The second-order valence-electron chi connectivity index (χ2n) is 3.55. The molecule has 0 unspecified atom stereocenters. The monoisotopic (exact) mass is 238 g/mol. The Balaban J connectivity index is 2.93. The molecule has 7 nitrogen and oxygen atoms in total. The zero-order valence-electron chi connectivity index (χ0n) is 10.0. The van der Waals surface area contributed by atoms with Gasteiger partial charge in [-0.15, -0.1) is 0 Å². The molecule has 0 atom stereocenters. The zero-order valence-corrected chi connectivity index (χ0v) is 10.0. The highest BCUT2D eigenvalue weighted by Crippen LogP contribution is 2.04. The maximum atomic E-state index is 12.0. The van der Waals surface area contributed by atoms with Crippen molar-refractivity contribution in [3.05, 3.63) is 27.2 Å². The molecule has 2 aromatic rings. The molecule has 0 aliphatic carbocycles. The summed E-state index contributed by atoms with van der Waals surface area (Å²) in [6.07, 6.45) is 1.40. The molecule has 2 heterocycles. The Morgan fingerprint density at radius 2 is 2.06 bits per heavy atom. The molecule has 0 amide bonds. The van der Waals surface area contributed by atoms with Crippen LogP contribution in [0.3, 0.4) is 0 Å². The van der Waals surface area contributed by atoms with Gasteiger partial charge >= 0.3 is 5.69 Å². The van der Waals surface area contributed by atoms with Gasteiger partial charge in [0.2, 0.25) is 0 Å². The summed E-state index contributed by atoms with van der Waals surface area (Å²) in [4.78, 5) is 33.1. The van der Waals surface area contributed by atoms with Crippen LogP contribution in [0.25, 0.3) is 11.2 Å². The lowest BCUT2D eigenvalue weighted by molar-refractivity contribution is 0.130. The van der Waals surface area contributed by atoms with E-state index in [2.05, 4.69) is 4.98 Å². The Morgan fingerprint density at radius 1 is 1.35 bits per heavy atom. The van der Waals surface area contributed by atoms with Crippen molar-refractivity contribution < 1.29 is 4.84 Å². The highest BCUT2D eigenvalue weighted by Gasteiger charge is 2.15. The van der Waals surface area contributed by atoms with Crippen molar-refractivity contribution >= 4 is 11.2 Å². The molecule has 2 aromatic heterocycles. The van der Waals surface area contributed by atoms with E-state index in [9.17, 15) is 9.59 Å². The van der Waals surface area contributed by atoms with Crippen molar-refractivity contribution in [3.8, 4) is 0 Å².